The quantitative estimate of drug-likeness (QED) is 0.517. The summed E-state index contributed by atoms with van der Waals surface area (Å²) in [5.41, 5.74) is 2.03. The maximum atomic E-state index is 10.5. The second-order valence-electron chi connectivity index (χ2n) is 4.16. The Bertz CT molecular complexity index is 604. The average Bonchev–Trinajstić information content (AvgIpc) is 2.49. The van der Waals surface area contributed by atoms with E-state index < -0.39 is 0 Å². The van der Waals surface area contributed by atoms with E-state index in [1.165, 1.54) is 6.92 Å². The standard InChI is InChI=1S/C10H10O2.C8H8O.K.H2O/c1-3-9-4-6-10(7-5-9)12-8(2)11;1-2-7-3-5-8(9)6-4-7;;/h3-7H,1H2,2H3;2-6,9H,1H2;;1H2/q;;+1;/p-1. The molecule has 0 amide bonds. The number of aromatic hydroxyl groups is 1. The van der Waals surface area contributed by atoms with Crippen molar-refractivity contribution in [3.8, 4) is 11.5 Å². The first-order valence-corrected chi connectivity index (χ1v) is 6.37. The minimum Gasteiger partial charge on any atom is -0.870 e. The fourth-order valence-electron chi connectivity index (χ4n) is 1.45. The molecule has 5 heteroatoms. The van der Waals surface area contributed by atoms with Crippen LogP contribution >= 0.6 is 0 Å². The van der Waals surface area contributed by atoms with E-state index in [4.69, 9.17) is 9.84 Å². The van der Waals surface area contributed by atoms with Crippen LogP contribution in [0.4, 0.5) is 0 Å². The zero-order chi connectivity index (χ0) is 15.7. The Hall–Kier alpha value is -1.21. The van der Waals surface area contributed by atoms with Gasteiger partial charge in [0.25, 0.3) is 0 Å². The summed E-state index contributed by atoms with van der Waals surface area (Å²) in [6.45, 7) is 8.57. The van der Waals surface area contributed by atoms with Crippen LogP contribution in [0, 0.1) is 0 Å². The summed E-state index contributed by atoms with van der Waals surface area (Å²) in [4.78, 5) is 10.5. The van der Waals surface area contributed by atoms with E-state index in [1.54, 1.807) is 36.4 Å². The number of benzene rings is 2. The number of carbonyl (C=O) groups is 1. The van der Waals surface area contributed by atoms with Crippen molar-refractivity contribution >= 4 is 18.1 Å². The van der Waals surface area contributed by atoms with Crippen LogP contribution < -0.4 is 56.1 Å². The zero-order valence-corrected chi connectivity index (χ0v) is 16.5. The molecule has 0 saturated heterocycles. The van der Waals surface area contributed by atoms with E-state index in [9.17, 15) is 4.79 Å². The number of phenols is 1. The Labute approximate surface area is 179 Å². The Kier molecular flexibility index (Phi) is 13.8. The van der Waals surface area contributed by atoms with Crippen molar-refractivity contribution in [1.82, 2.24) is 0 Å². The summed E-state index contributed by atoms with van der Waals surface area (Å²) in [7, 11) is 0. The van der Waals surface area contributed by atoms with Crippen molar-refractivity contribution in [2.75, 3.05) is 0 Å². The maximum absolute atomic E-state index is 10.5. The van der Waals surface area contributed by atoms with Crippen LogP contribution in [0.25, 0.3) is 12.2 Å². The van der Waals surface area contributed by atoms with Gasteiger partial charge >= 0.3 is 57.4 Å². The zero-order valence-electron chi connectivity index (χ0n) is 13.4. The third kappa shape index (κ3) is 10.2. The molecule has 2 aromatic carbocycles. The third-order valence-corrected chi connectivity index (χ3v) is 2.51. The SMILES string of the molecule is C=Cc1ccc(O)cc1.C=Cc1ccc(OC(C)=O)cc1.[K+].[OH-]. The molecule has 0 aromatic heterocycles. The van der Waals surface area contributed by atoms with Gasteiger partial charge in [-0.3, -0.25) is 4.79 Å². The first kappa shape index (κ1) is 24.0. The predicted octanol–water partition coefficient (Wildman–Crippen LogP) is 1.12. The number of hydrogen-bond acceptors (Lipinski definition) is 4. The largest absolute Gasteiger partial charge is 1.00 e. The number of rotatable bonds is 3. The summed E-state index contributed by atoms with van der Waals surface area (Å²) < 4.78 is 4.84. The minimum atomic E-state index is -0.304. The molecule has 2 N–H and O–H groups in total. The molecule has 0 bridgehead atoms. The Balaban J connectivity index is 0. The molecule has 0 fully saturated rings. The van der Waals surface area contributed by atoms with Crippen molar-refractivity contribution in [1.29, 1.82) is 0 Å². The topological polar surface area (TPSA) is 76.5 Å². The summed E-state index contributed by atoms with van der Waals surface area (Å²) in [5, 5.41) is 8.82. The number of hydrogen-bond donors (Lipinski definition) is 1. The molecule has 0 unspecified atom stereocenters. The molecule has 0 atom stereocenters. The van der Waals surface area contributed by atoms with Crippen LogP contribution in [0.15, 0.2) is 61.7 Å². The predicted molar refractivity (Wildman–Crippen MR) is 88.0 cm³/mol. The Morgan fingerprint density at radius 2 is 1.35 bits per heavy atom. The normalized spacial score (nSPS) is 8.22. The molecule has 0 saturated carbocycles. The van der Waals surface area contributed by atoms with Gasteiger partial charge in [-0.25, -0.2) is 0 Å². The maximum Gasteiger partial charge on any atom is 1.00 e. The van der Waals surface area contributed by atoms with Crippen LogP contribution in [0.2, 0.25) is 0 Å². The number of phenolic OH excluding ortho intramolecular Hbond substituents is 1. The van der Waals surface area contributed by atoms with Gasteiger partial charge in [0.1, 0.15) is 11.5 Å². The fourth-order valence-corrected chi connectivity index (χ4v) is 1.45. The Morgan fingerprint density at radius 3 is 1.70 bits per heavy atom. The molecular formula is C18H19KO4. The van der Waals surface area contributed by atoms with Gasteiger partial charge in [-0.05, 0) is 35.4 Å². The number of carbonyl (C=O) groups excluding carboxylic acids is 1. The van der Waals surface area contributed by atoms with Gasteiger partial charge in [0.15, 0.2) is 0 Å². The van der Waals surface area contributed by atoms with Crippen molar-refractivity contribution in [2.45, 2.75) is 6.92 Å². The van der Waals surface area contributed by atoms with E-state index in [2.05, 4.69) is 13.2 Å². The molecule has 116 valence electrons. The van der Waals surface area contributed by atoms with Crippen molar-refractivity contribution in [2.24, 2.45) is 0 Å². The molecule has 4 nitrogen and oxygen atoms in total. The van der Waals surface area contributed by atoms with Crippen LogP contribution in [-0.2, 0) is 4.79 Å². The molecule has 0 aliphatic rings. The van der Waals surface area contributed by atoms with Crippen molar-refractivity contribution in [3.63, 3.8) is 0 Å². The third-order valence-electron chi connectivity index (χ3n) is 2.51. The van der Waals surface area contributed by atoms with Gasteiger partial charge in [-0.1, -0.05) is 49.6 Å². The summed E-state index contributed by atoms with van der Waals surface area (Å²) in [6, 6.07) is 14.0. The molecule has 0 aliphatic carbocycles. The average molecular weight is 338 g/mol. The van der Waals surface area contributed by atoms with Gasteiger partial charge in [-0.2, -0.15) is 0 Å². The van der Waals surface area contributed by atoms with Crippen molar-refractivity contribution in [3.05, 3.63) is 72.8 Å². The Morgan fingerprint density at radius 1 is 0.957 bits per heavy atom. The first-order valence-electron chi connectivity index (χ1n) is 6.37. The van der Waals surface area contributed by atoms with Gasteiger partial charge in [0.2, 0.25) is 0 Å². The van der Waals surface area contributed by atoms with Crippen molar-refractivity contribution < 1.29 is 71.5 Å². The van der Waals surface area contributed by atoms with Crippen LogP contribution in [0.1, 0.15) is 18.1 Å². The minimum absolute atomic E-state index is 0. The monoisotopic (exact) mass is 338 g/mol. The number of ether oxygens (including phenoxy) is 1. The first-order chi connectivity index (χ1) is 10.0. The van der Waals surface area contributed by atoms with Gasteiger partial charge in [-0.15, -0.1) is 0 Å². The van der Waals surface area contributed by atoms with E-state index >= 15 is 0 Å². The van der Waals surface area contributed by atoms with Gasteiger partial charge < -0.3 is 15.3 Å². The second kappa shape index (κ2) is 13.2. The van der Waals surface area contributed by atoms with E-state index in [1.807, 2.05) is 24.3 Å². The second-order valence-corrected chi connectivity index (χ2v) is 4.16. The van der Waals surface area contributed by atoms with Crippen LogP contribution in [-0.4, -0.2) is 16.6 Å². The summed E-state index contributed by atoms with van der Waals surface area (Å²) in [6.07, 6.45) is 3.47. The van der Waals surface area contributed by atoms with E-state index in [-0.39, 0.29) is 62.8 Å². The van der Waals surface area contributed by atoms with Gasteiger partial charge in [0, 0.05) is 6.92 Å². The summed E-state index contributed by atoms with van der Waals surface area (Å²) in [5.74, 6) is 0.551. The molecule has 0 aliphatic heterocycles. The van der Waals surface area contributed by atoms with E-state index in [0.29, 0.717) is 11.5 Å². The molecule has 0 heterocycles. The molecular weight excluding hydrogens is 319 g/mol. The van der Waals surface area contributed by atoms with Gasteiger partial charge in [0.05, 0.1) is 0 Å². The fraction of sp³-hybridized carbons (Fsp3) is 0.0556. The van der Waals surface area contributed by atoms with Crippen LogP contribution in [0.5, 0.6) is 11.5 Å². The smallest absolute Gasteiger partial charge is 0.870 e. The summed E-state index contributed by atoms with van der Waals surface area (Å²) >= 11 is 0. The number of esters is 1. The molecule has 23 heavy (non-hydrogen) atoms. The molecule has 2 aromatic rings. The molecule has 0 spiro atoms. The van der Waals surface area contributed by atoms with E-state index in [0.717, 1.165) is 11.1 Å². The van der Waals surface area contributed by atoms with Crippen LogP contribution in [0.3, 0.4) is 0 Å². The molecule has 0 radical (unpaired) electrons. The molecule has 2 rings (SSSR count).